The highest BCUT2D eigenvalue weighted by Crippen LogP contribution is 2.33. The van der Waals surface area contributed by atoms with Crippen LogP contribution in [0.5, 0.6) is 0 Å². The summed E-state index contributed by atoms with van der Waals surface area (Å²) >= 11 is 5.99. The Morgan fingerprint density at radius 1 is 1.47 bits per heavy atom. The van der Waals surface area contributed by atoms with E-state index >= 15 is 0 Å². The molecule has 82 valence electrons. The van der Waals surface area contributed by atoms with E-state index in [1.54, 1.807) is 0 Å². The van der Waals surface area contributed by atoms with Gasteiger partial charge in [-0.2, -0.15) is 0 Å². The number of rotatable bonds is 4. The van der Waals surface area contributed by atoms with E-state index in [0.29, 0.717) is 0 Å². The number of nitrogens with zero attached hydrogens (tertiary/aromatic N) is 1. The summed E-state index contributed by atoms with van der Waals surface area (Å²) in [6, 6.07) is 5.68. The molecule has 15 heavy (non-hydrogen) atoms. The topological polar surface area (TPSA) is 29.3 Å². The normalized spacial score (nSPS) is 15.3. The quantitative estimate of drug-likeness (QED) is 0.797. The molecule has 1 aliphatic rings. The molecule has 1 saturated carbocycles. The van der Waals surface area contributed by atoms with Crippen molar-refractivity contribution < 1.29 is 0 Å². The molecule has 1 aromatic carbocycles. The standard InChI is InChI=1S/C12H17ClN2/c1-2-15(8-9-3-4-9)12-7-10(13)5-6-11(12)14/h5-7,9H,2-4,8,14H2,1H3. The van der Waals surface area contributed by atoms with Gasteiger partial charge in [0.15, 0.2) is 0 Å². The minimum absolute atomic E-state index is 0.758. The molecule has 0 spiro atoms. The van der Waals surface area contributed by atoms with Crippen molar-refractivity contribution in [3.63, 3.8) is 0 Å². The van der Waals surface area contributed by atoms with Crippen LogP contribution in [-0.4, -0.2) is 13.1 Å². The highest BCUT2D eigenvalue weighted by Gasteiger charge is 2.24. The van der Waals surface area contributed by atoms with E-state index in [1.165, 1.54) is 12.8 Å². The summed E-state index contributed by atoms with van der Waals surface area (Å²) in [4.78, 5) is 2.32. The fourth-order valence-corrected chi connectivity index (χ4v) is 1.97. The maximum atomic E-state index is 5.99. The van der Waals surface area contributed by atoms with Crippen LogP contribution >= 0.6 is 11.6 Å². The third-order valence-electron chi connectivity index (χ3n) is 2.89. The van der Waals surface area contributed by atoms with Gasteiger partial charge < -0.3 is 10.6 Å². The Morgan fingerprint density at radius 3 is 2.80 bits per heavy atom. The fraction of sp³-hybridized carbons (Fsp3) is 0.500. The molecule has 0 amide bonds. The Balaban J connectivity index is 2.19. The van der Waals surface area contributed by atoms with Gasteiger partial charge in [-0.15, -0.1) is 0 Å². The van der Waals surface area contributed by atoms with Crippen LogP contribution in [-0.2, 0) is 0 Å². The van der Waals surface area contributed by atoms with Crippen LogP contribution in [0, 0.1) is 5.92 Å². The number of benzene rings is 1. The molecule has 1 aliphatic carbocycles. The minimum Gasteiger partial charge on any atom is -0.397 e. The van der Waals surface area contributed by atoms with Crippen LogP contribution in [0.3, 0.4) is 0 Å². The van der Waals surface area contributed by atoms with Crippen LogP contribution in [0.4, 0.5) is 11.4 Å². The molecule has 0 bridgehead atoms. The van der Waals surface area contributed by atoms with Gasteiger partial charge in [-0.3, -0.25) is 0 Å². The third-order valence-corrected chi connectivity index (χ3v) is 3.13. The molecule has 2 nitrogen and oxygen atoms in total. The summed E-state index contributed by atoms with van der Waals surface area (Å²) < 4.78 is 0. The average Bonchev–Trinajstić information content (AvgIpc) is 3.02. The molecule has 0 saturated heterocycles. The number of nitrogens with two attached hydrogens (primary N) is 1. The zero-order valence-electron chi connectivity index (χ0n) is 9.04. The molecule has 1 aromatic rings. The van der Waals surface area contributed by atoms with Crippen molar-refractivity contribution in [2.24, 2.45) is 5.92 Å². The lowest BCUT2D eigenvalue weighted by Gasteiger charge is -2.24. The molecular formula is C12H17ClN2. The maximum absolute atomic E-state index is 5.99. The molecule has 0 atom stereocenters. The van der Waals surface area contributed by atoms with Gasteiger partial charge in [0, 0.05) is 18.1 Å². The van der Waals surface area contributed by atoms with Crippen molar-refractivity contribution in [1.82, 2.24) is 0 Å². The van der Waals surface area contributed by atoms with Crippen LogP contribution in [0.1, 0.15) is 19.8 Å². The van der Waals surface area contributed by atoms with Crippen molar-refractivity contribution in [3.05, 3.63) is 23.2 Å². The Bertz CT molecular complexity index is 347. The zero-order valence-corrected chi connectivity index (χ0v) is 9.80. The predicted octanol–water partition coefficient (Wildman–Crippen LogP) is 3.16. The maximum Gasteiger partial charge on any atom is 0.0614 e. The van der Waals surface area contributed by atoms with Crippen molar-refractivity contribution in [2.45, 2.75) is 19.8 Å². The summed E-state index contributed by atoms with van der Waals surface area (Å²) in [5.74, 6) is 0.864. The van der Waals surface area contributed by atoms with E-state index in [2.05, 4.69) is 11.8 Å². The highest BCUT2D eigenvalue weighted by atomic mass is 35.5. The monoisotopic (exact) mass is 224 g/mol. The Labute approximate surface area is 96.0 Å². The second kappa shape index (κ2) is 4.31. The molecule has 0 aromatic heterocycles. The van der Waals surface area contributed by atoms with E-state index in [1.807, 2.05) is 18.2 Å². The largest absolute Gasteiger partial charge is 0.397 e. The Hall–Kier alpha value is -0.890. The SMILES string of the molecule is CCN(CC1CC1)c1cc(Cl)ccc1N. The molecule has 0 unspecified atom stereocenters. The Morgan fingerprint density at radius 2 is 2.20 bits per heavy atom. The summed E-state index contributed by atoms with van der Waals surface area (Å²) in [6.07, 6.45) is 2.72. The van der Waals surface area contributed by atoms with Gasteiger partial charge in [-0.25, -0.2) is 0 Å². The number of hydrogen-bond donors (Lipinski definition) is 1. The smallest absolute Gasteiger partial charge is 0.0614 e. The first kappa shape index (κ1) is 10.6. The first-order valence-electron chi connectivity index (χ1n) is 5.50. The molecule has 0 aliphatic heterocycles. The molecular weight excluding hydrogens is 208 g/mol. The summed E-state index contributed by atoms with van der Waals surface area (Å²) in [6.45, 7) is 4.25. The predicted molar refractivity (Wildman–Crippen MR) is 66.5 cm³/mol. The van der Waals surface area contributed by atoms with Crippen molar-refractivity contribution in [2.75, 3.05) is 23.7 Å². The molecule has 2 rings (SSSR count). The molecule has 2 N–H and O–H groups in total. The zero-order chi connectivity index (χ0) is 10.8. The van der Waals surface area contributed by atoms with Crippen LogP contribution in [0.2, 0.25) is 5.02 Å². The van der Waals surface area contributed by atoms with Gasteiger partial charge >= 0.3 is 0 Å². The summed E-state index contributed by atoms with van der Waals surface area (Å²) in [7, 11) is 0. The third kappa shape index (κ3) is 2.57. The highest BCUT2D eigenvalue weighted by molar-refractivity contribution is 6.31. The van der Waals surface area contributed by atoms with Gasteiger partial charge in [0.05, 0.1) is 11.4 Å². The van der Waals surface area contributed by atoms with Crippen molar-refractivity contribution in [3.8, 4) is 0 Å². The first-order valence-corrected chi connectivity index (χ1v) is 5.88. The van der Waals surface area contributed by atoms with Crippen LogP contribution < -0.4 is 10.6 Å². The molecule has 3 heteroatoms. The first-order chi connectivity index (χ1) is 7.20. The van der Waals surface area contributed by atoms with Gasteiger partial charge in [-0.05, 0) is 43.9 Å². The second-order valence-corrected chi connectivity index (χ2v) is 4.62. The number of hydrogen-bond acceptors (Lipinski definition) is 2. The Kier molecular flexibility index (Phi) is 3.06. The molecule has 0 radical (unpaired) electrons. The van der Waals surface area contributed by atoms with Crippen LogP contribution in [0.15, 0.2) is 18.2 Å². The molecule has 0 heterocycles. The second-order valence-electron chi connectivity index (χ2n) is 4.19. The fourth-order valence-electron chi connectivity index (χ4n) is 1.80. The molecule has 1 fully saturated rings. The van der Waals surface area contributed by atoms with E-state index in [0.717, 1.165) is 35.4 Å². The van der Waals surface area contributed by atoms with Gasteiger partial charge in [0.2, 0.25) is 0 Å². The lowest BCUT2D eigenvalue weighted by molar-refractivity contribution is 0.743. The number of anilines is 2. The average molecular weight is 225 g/mol. The lowest BCUT2D eigenvalue weighted by atomic mass is 10.2. The van der Waals surface area contributed by atoms with Gasteiger partial charge in [0.25, 0.3) is 0 Å². The van der Waals surface area contributed by atoms with Crippen LogP contribution in [0.25, 0.3) is 0 Å². The van der Waals surface area contributed by atoms with Gasteiger partial charge in [0.1, 0.15) is 0 Å². The summed E-state index contributed by atoms with van der Waals surface area (Å²) in [5, 5.41) is 0.758. The van der Waals surface area contributed by atoms with E-state index in [4.69, 9.17) is 17.3 Å². The van der Waals surface area contributed by atoms with Gasteiger partial charge in [-0.1, -0.05) is 11.6 Å². The van der Waals surface area contributed by atoms with Crippen molar-refractivity contribution >= 4 is 23.0 Å². The number of nitrogen functional groups attached to an aromatic ring is 1. The summed E-state index contributed by atoms with van der Waals surface area (Å²) in [5.41, 5.74) is 7.86. The lowest BCUT2D eigenvalue weighted by Crippen LogP contribution is -2.26. The van der Waals surface area contributed by atoms with E-state index < -0.39 is 0 Å². The van der Waals surface area contributed by atoms with E-state index in [9.17, 15) is 0 Å². The van der Waals surface area contributed by atoms with E-state index in [-0.39, 0.29) is 0 Å². The van der Waals surface area contributed by atoms with Crippen molar-refractivity contribution in [1.29, 1.82) is 0 Å². The minimum atomic E-state index is 0.758. The number of halogens is 1.